The monoisotopic (exact) mass is 429 g/mol. The maximum atomic E-state index is 12.9. The van der Waals surface area contributed by atoms with Crippen molar-refractivity contribution in [2.75, 3.05) is 0 Å². The highest BCUT2D eigenvalue weighted by molar-refractivity contribution is 6.30. The first-order valence-electron chi connectivity index (χ1n) is 9.95. The van der Waals surface area contributed by atoms with E-state index in [-0.39, 0.29) is 11.6 Å². The van der Waals surface area contributed by atoms with Crippen LogP contribution in [-0.2, 0) is 7.05 Å². The van der Waals surface area contributed by atoms with Crippen molar-refractivity contribution >= 4 is 22.5 Å². The number of aryl methyl sites for hydroxylation is 1. The van der Waals surface area contributed by atoms with E-state index in [1.54, 1.807) is 21.5 Å². The van der Waals surface area contributed by atoms with Gasteiger partial charge in [-0.15, -0.1) is 0 Å². The first kappa shape index (κ1) is 19.3. The van der Waals surface area contributed by atoms with Gasteiger partial charge in [0, 0.05) is 41.5 Å². The van der Waals surface area contributed by atoms with E-state index in [0.717, 1.165) is 38.9 Å². The number of aromatic amines is 1. The second-order valence-electron chi connectivity index (χ2n) is 7.63. The number of fused-ring (bicyclic) bond motifs is 1. The van der Waals surface area contributed by atoms with Crippen LogP contribution in [0, 0.1) is 0 Å². The second kappa shape index (κ2) is 7.56. The molecule has 0 bridgehead atoms. The van der Waals surface area contributed by atoms with E-state index in [4.69, 9.17) is 11.6 Å². The van der Waals surface area contributed by atoms with Crippen molar-refractivity contribution in [3.8, 4) is 22.4 Å². The Kier molecular flexibility index (Phi) is 4.71. The van der Waals surface area contributed by atoms with E-state index in [1.165, 1.54) is 0 Å². The molecule has 0 saturated heterocycles. The van der Waals surface area contributed by atoms with Crippen LogP contribution in [0.3, 0.4) is 0 Å². The number of rotatable bonds is 4. The molecule has 0 amide bonds. The van der Waals surface area contributed by atoms with Crippen molar-refractivity contribution < 1.29 is 0 Å². The Balaban J connectivity index is 1.53. The highest BCUT2D eigenvalue weighted by Gasteiger charge is 2.13. The number of nitrogens with one attached hydrogen (secondary N) is 1. The highest BCUT2D eigenvalue weighted by Crippen LogP contribution is 2.30. The smallest absolute Gasteiger partial charge is 0.251 e. The molecule has 6 nitrogen and oxygen atoms in total. The molecule has 0 saturated carbocycles. The molecule has 1 unspecified atom stereocenters. The van der Waals surface area contributed by atoms with Crippen LogP contribution in [0.2, 0.25) is 5.02 Å². The fraction of sp³-hybridized carbons (Fsp3) is 0.125. The van der Waals surface area contributed by atoms with Crippen molar-refractivity contribution in [1.29, 1.82) is 0 Å². The van der Waals surface area contributed by atoms with Gasteiger partial charge in [0.25, 0.3) is 5.56 Å². The van der Waals surface area contributed by atoms with Gasteiger partial charge in [0.05, 0.1) is 17.8 Å². The van der Waals surface area contributed by atoms with Crippen LogP contribution in [0.1, 0.15) is 18.5 Å². The fourth-order valence-electron chi connectivity index (χ4n) is 3.87. The molecule has 2 aromatic carbocycles. The summed E-state index contributed by atoms with van der Waals surface area (Å²) in [6, 6.07) is 17.1. The Morgan fingerprint density at radius 3 is 2.61 bits per heavy atom. The third-order valence-corrected chi connectivity index (χ3v) is 5.81. The zero-order chi connectivity index (χ0) is 21.5. The van der Waals surface area contributed by atoms with E-state index in [9.17, 15) is 4.79 Å². The van der Waals surface area contributed by atoms with Crippen LogP contribution in [0.4, 0.5) is 0 Å². The number of halogens is 1. The second-order valence-corrected chi connectivity index (χ2v) is 8.06. The number of H-pyrrole nitrogens is 1. The Bertz CT molecular complexity index is 1460. The topological polar surface area (TPSA) is 68.5 Å². The molecular weight excluding hydrogens is 410 g/mol. The van der Waals surface area contributed by atoms with Crippen molar-refractivity contribution in [2.45, 2.75) is 13.0 Å². The molecule has 0 aliphatic carbocycles. The molecule has 0 aliphatic heterocycles. The van der Waals surface area contributed by atoms with E-state index >= 15 is 0 Å². The first-order valence-corrected chi connectivity index (χ1v) is 10.3. The lowest BCUT2D eigenvalue weighted by Crippen LogP contribution is -2.22. The van der Waals surface area contributed by atoms with E-state index < -0.39 is 0 Å². The van der Waals surface area contributed by atoms with Crippen molar-refractivity contribution in [3.63, 3.8) is 0 Å². The molecule has 3 heterocycles. The Morgan fingerprint density at radius 1 is 1.03 bits per heavy atom. The molecule has 0 fully saturated rings. The Labute approximate surface area is 183 Å². The fourth-order valence-corrected chi connectivity index (χ4v) is 4.07. The van der Waals surface area contributed by atoms with Crippen LogP contribution in [0.5, 0.6) is 0 Å². The molecule has 3 aromatic heterocycles. The zero-order valence-corrected chi connectivity index (χ0v) is 17.8. The van der Waals surface area contributed by atoms with Gasteiger partial charge >= 0.3 is 0 Å². The number of hydrogen-bond acceptors (Lipinski definition) is 3. The summed E-state index contributed by atoms with van der Waals surface area (Å²) in [6.07, 6.45) is 5.56. The lowest BCUT2D eigenvalue weighted by molar-refractivity contribution is 0.615. The molecule has 1 atom stereocenters. The zero-order valence-electron chi connectivity index (χ0n) is 17.1. The molecule has 5 rings (SSSR count). The predicted octanol–water partition coefficient (Wildman–Crippen LogP) is 5.05. The standard InChI is InChI=1S/C24H20ClN5O/c1-15(16-4-3-5-20(25)10-16)30-9-8-18(12-23(30)31)17-6-7-22-21(11-17)24(28-27-22)19-13-26-29(2)14-19/h3-15H,1-2H3,(H,27,28). The third kappa shape index (κ3) is 3.55. The average molecular weight is 430 g/mol. The molecule has 0 radical (unpaired) electrons. The van der Waals surface area contributed by atoms with Gasteiger partial charge < -0.3 is 4.57 Å². The molecular formula is C24H20ClN5O. The Morgan fingerprint density at radius 2 is 1.87 bits per heavy atom. The Hall–Kier alpha value is -3.64. The van der Waals surface area contributed by atoms with Crippen molar-refractivity contribution in [1.82, 2.24) is 24.5 Å². The minimum Gasteiger partial charge on any atom is -0.308 e. The molecule has 5 aromatic rings. The first-order chi connectivity index (χ1) is 15.0. The van der Waals surface area contributed by atoms with Gasteiger partial charge in [0.15, 0.2) is 0 Å². The summed E-state index contributed by atoms with van der Waals surface area (Å²) in [4.78, 5) is 12.9. The van der Waals surface area contributed by atoms with Gasteiger partial charge in [-0.1, -0.05) is 29.8 Å². The average Bonchev–Trinajstić information content (AvgIpc) is 3.38. The van der Waals surface area contributed by atoms with Crippen LogP contribution in [-0.4, -0.2) is 24.5 Å². The van der Waals surface area contributed by atoms with Crippen LogP contribution in [0.15, 0.2) is 78.0 Å². The number of hydrogen-bond donors (Lipinski definition) is 1. The van der Waals surface area contributed by atoms with E-state index in [0.29, 0.717) is 5.02 Å². The summed E-state index contributed by atoms with van der Waals surface area (Å²) in [7, 11) is 1.88. The molecule has 31 heavy (non-hydrogen) atoms. The van der Waals surface area contributed by atoms with Gasteiger partial charge in [0.2, 0.25) is 0 Å². The highest BCUT2D eigenvalue weighted by atomic mass is 35.5. The largest absolute Gasteiger partial charge is 0.308 e. The van der Waals surface area contributed by atoms with E-state index in [1.807, 2.05) is 68.8 Å². The van der Waals surface area contributed by atoms with Crippen molar-refractivity contribution in [3.05, 3.63) is 94.1 Å². The lowest BCUT2D eigenvalue weighted by Gasteiger charge is -2.16. The normalized spacial score (nSPS) is 12.4. The van der Waals surface area contributed by atoms with Crippen molar-refractivity contribution in [2.24, 2.45) is 7.05 Å². The number of pyridine rings is 1. The van der Waals surface area contributed by atoms with E-state index in [2.05, 4.69) is 21.4 Å². The minimum absolute atomic E-state index is 0.0650. The minimum atomic E-state index is -0.117. The summed E-state index contributed by atoms with van der Waals surface area (Å²) >= 11 is 6.12. The summed E-state index contributed by atoms with van der Waals surface area (Å²) < 4.78 is 3.47. The van der Waals surface area contributed by atoms with Gasteiger partial charge in [-0.3, -0.25) is 14.6 Å². The number of aromatic nitrogens is 5. The van der Waals surface area contributed by atoms with Crippen LogP contribution < -0.4 is 5.56 Å². The lowest BCUT2D eigenvalue weighted by atomic mass is 10.0. The number of benzene rings is 2. The summed E-state index contributed by atoms with van der Waals surface area (Å²) in [5, 5.41) is 13.4. The molecule has 7 heteroatoms. The molecule has 154 valence electrons. The SMILES string of the molecule is CC(c1cccc(Cl)c1)n1ccc(-c2ccc3[nH]nc(-c4cnn(C)c4)c3c2)cc1=O. The molecule has 0 spiro atoms. The number of nitrogens with zero attached hydrogens (tertiary/aromatic N) is 4. The maximum Gasteiger partial charge on any atom is 0.251 e. The summed E-state index contributed by atoms with van der Waals surface area (Å²) in [6.45, 7) is 1.99. The quantitative estimate of drug-likeness (QED) is 0.434. The van der Waals surface area contributed by atoms with Gasteiger partial charge in [0.1, 0.15) is 5.69 Å². The van der Waals surface area contributed by atoms with Crippen LogP contribution in [0.25, 0.3) is 33.3 Å². The molecule has 0 aliphatic rings. The van der Waals surface area contributed by atoms with Gasteiger partial charge in [-0.05, 0) is 53.9 Å². The molecule has 1 N–H and O–H groups in total. The van der Waals surface area contributed by atoms with Gasteiger partial charge in [-0.25, -0.2) is 0 Å². The third-order valence-electron chi connectivity index (χ3n) is 5.57. The summed E-state index contributed by atoms with van der Waals surface area (Å²) in [5.74, 6) is 0. The maximum absolute atomic E-state index is 12.9. The van der Waals surface area contributed by atoms with Crippen LogP contribution >= 0.6 is 11.6 Å². The van der Waals surface area contributed by atoms with Gasteiger partial charge in [-0.2, -0.15) is 10.2 Å². The summed E-state index contributed by atoms with van der Waals surface area (Å²) in [5.41, 5.74) is 5.46. The predicted molar refractivity (Wildman–Crippen MR) is 123 cm³/mol.